The Morgan fingerprint density at radius 3 is 2.93 bits per heavy atom. The molecule has 2 heteroatoms. The van der Waals surface area contributed by atoms with Crippen LogP contribution in [0.5, 0.6) is 0 Å². The number of cyclic esters (lactones) is 1. The smallest absolute Gasteiger partial charge is 0.305 e. The molecule has 0 aromatic heterocycles. The molecule has 1 aliphatic heterocycles. The third kappa shape index (κ3) is 5.60. The van der Waals surface area contributed by atoms with Crippen LogP contribution in [0, 0.1) is 11.8 Å². The third-order valence-corrected chi connectivity index (χ3v) is 2.84. The Morgan fingerprint density at radius 1 is 1.33 bits per heavy atom. The second-order valence-electron chi connectivity index (χ2n) is 4.68. The molecule has 0 saturated carbocycles. The maximum atomic E-state index is 11.3. The number of allylic oxidation sites excluding steroid dienone is 1. The van der Waals surface area contributed by atoms with Crippen LogP contribution in [0.3, 0.4) is 0 Å². The van der Waals surface area contributed by atoms with Crippen LogP contribution in [0.25, 0.3) is 0 Å². The highest BCUT2D eigenvalue weighted by atomic mass is 16.5. The summed E-state index contributed by atoms with van der Waals surface area (Å²) in [6.45, 7) is 4.89. The predicted octanol–water partition coefficient (Wildman–Crippen LogP) is 3.32. The van der Waals surface area contributed by atoms with E-state index in [4.69, 9.17) is 4.74 Å². The fourth-order valence-corrected chi connectivity index (χ4v) is 1.78. The van der Waals surface area contributed by atoms with Gasteiger partial charge in [0, 0.05) is 12.3 Å². The van der Waals surface area contributed by atoms with Crippen molar-refractivity contribution in [3.63, 3.8) is 0 Å². The van der Waals surface area contributed by atoms with Gasteiger partial charge in [-0.15, -0.1) is 0 Å². The zero-order chi connectivity index (χ0) is 11.1. The Hall–Kier alpha value is -0.790. The van der Waals surface area contributed by atoms with Crippen molar-refractivity contribution >= 4 is 5.97 Å². The lowest BCUT2D eigenvalue weighted by molar-refractivity contribution is -0.144. The van der Waals surface area contributed by atoms with Crippen molar-refractivity contribution in [3.8, 4) is 0 Å². The molecule has 2 atom stereocenters. The van der Waals surface area contributed by atoms with Crippen LogP contribution in [-0.2, 0) is 9.53 Å². The summed E-state index contributed by atoms with van der Waals surface area (Å²) in [6.07, 6.45) is 9.45. The van der Waals surface area contributed by atoms with Gasteiger partial charge in [0.15, 0.2) is 0 Å². The minimum atomic E-state index is -0.0384. The molecule has 0 amide bonds. The summed E-state index contributed by atoms with van der Waals surface area (Å²) < 4.78 is 5.16. The fourth-order valence-electron chi connectivity index (χ4n) is 1.78. The molecule has 15 heavy (non-hydrogen) atoms. The highest BCUT2D eigenvalue weighted by Gasteiger charge is 2.08. The van der Waals surface area contributed by atoms with E-state index in [1.807, 2.05) is 0 Å². The number of carbonyl (C=O) groups is 1. The van der Waals surface area contributed by atoms with Crippen LogP contribution < -0.4 is 0 Å². The Labute approximate surface area is 92.7 Å². The highest BCUT2D eigenvalue weighted by Crippen LogP contribution is 2.15. The Morgan fingerprint density at radius 2 is 2.13 bits per heavy atom. The maximum absolute atomic E-state index is 11.3. The van der Waals surface area contributed by atoms with E-state index in [0.717, 1.165) is 25.2 Å². The first kappa shape index (κ1) is 12.3. The van der Waals surface area contributed by atoms with Crippen molar-refractivity contribution in [2.75, 3.05) is 6.61 Å². The zero-order valence-corrected chi connectivity index (χ0v) is 9.87. The number of hydrogen-bond acceptors (Lipinski definition) is 2. The van der Waals surface area contributed by atoms with Gasteiger partial charge < -0.3 is 4.74 Å². The van der Waals surface area contributed by atoms with Gasteiger partial charge in [0.05, 0.1) is 6.61 Å². The predicted molar refractivity (Wildman–Crippen MR) is 61.5 cm³/mol. The van der Waals surface area contributed by atoms with Crippen LogP contribution in [0.2, 0.25) is 0 Å². The van der Waals surface area contributed by atoms with Crippen LogP contribution in [0.4, 0.5) is 0 Å². The molecule has 86 valence electrons. The summed E-state index contributed by atoms with van der Waals surface area (Å²) in [7, 11) is 0. The van der Waals surface area contributed by atoms with E-state index in [0.29, 0.717) is 18.9 Å². The minimum Gasteiger partial charge on any atom is -0.465 e. The summed E-state index contributed by atoms with van der Waals surface area (Å²) >= 11 is 0. The monoisotopic (exact) mass is 210 g/mol. The molecule has 0 bridgehead atoms. The Kier molecular flexibility index (Phi) is 5.44. The molecule has 0 saturated heterocycles. The first-order chi connectivity index (χ1) is 7.18. The average Bonchev–Trinajstić information content (AvgIpc) is 2.20. The van der Waals surface area contributed by atoms with Crippen LogP contribution >= 0.6 is 0 Å². The van der Waals surface area contributed by atoms with E-state index in [2.05, 4.69) is 26.0 Å². The van der Waals surface area contributed by atoms with Gasteiger partial charge in [-0.2, -0.15) is 0 Å². The number of carbonyl (C=O) groups excluding carboxylic acids is 1. The van der Waals surface area contributed by atoms with E-state index in [9.17, 15) is 4.79 Å². The standard InChI is InChI=1S/C13H22O2/c1-11-6-3-4-9-13(14)15-10-12(2)8-5-7-11/h5,8,11-12H,3-4,6-7,9-10H2,1-2H3/b8-5-. The Balaban J connectivity index is 2.45. The first-order valence-electron chi connectivity index (χ1n) is 6.00. The SMILES string of the molecule is CC1/C=C\CC(C)CCCCC(=O)OC1. The molecule has 0 aromatic carbocycles. The molecule has 0 N–H and O–H groups in total. The lowest BCUT2D eigenvalue weighted by atomic mass is 9.98. The van der Waals surface area contributed by atoms with Crippen LogP contribution in [0.15, 0.2) is 12.2 Å². The first-order valence-corrected chi connectivity index (χ1v) is 6.00. The van der Waals surface area contributed by atoms with Gasteiger partial charge in [-0.05, 0) is 18.8 Å². The quantitative estimate of drug-likeness (QED) is 0.453. The second kappa shape index (κ2) is 6.65. The van der Waals surface area contributed by atoms with Gasteiger partial charge in [-0.3, -0.25) is 4.79 Å². The molecule has 0 aromatic rings. The van der Waals surface area contributed by atoms with Crippen molar-refractivity contribution in [2.45, 2.75) is 46.0 Å². The molecule has 0 fully saturated rings. The van der Waals surface area contributed by atoms with Gasteiger partial charge in [-0.1, -0.05) is 38.8 Å². The number of ether oxygens (including phenoxy) is 1. The molecule has 0 radical (unpaired) electrons. The fraction of sp³-hybridized carbons (Fsp3) is 0.769. The van der Waals surface area contributed by atoms with Crippen LogP contribution in [0.1, 0.15) is 46.0 Å². The molecular formula is C13H22O2. The van der Waals surface area contributed by atoms with Crippen LogP contribution in [-0.4, -0.2) is 12.6 Å². The molecule has 0 spiro atoms. The maximum Gasteiger partial charge on any atom is 0.305 e. The zero-order valence-electron chi connectivity index (χ0n) is 9.87. The van der Waals surface area contributed by atoms with Gasteiger partial charge >= 0.3 is 5.97 Å². The van der Waals surface area contributed by atoms with E-state index < -0.39 is 0 Å². The molecule has 2 nitrogen and oxygen atoms in total. The molecule has 1 heterocycles. The highest BCUT2D eigenvalue weighted by molar-refractivity contribution is 5.69. The lowest BCUT2D eigenvalue weighted by Crippen LogP contribution is -2.11. The van der Waals surface area contributed by atoms with Crippen molar-refractivity contribution < 1.29 is 9.53 Å². The van der Waals surface area contributed by atoms with Gasteiger partial charge in [0.1, 0.15) is 0 Å². The Bertz CT molecular complexity index is 221. The van der Waals surface area contributed by atoms with Gasteiger partial charge in [-0.25, -0.2) is 0 Å². The molecule has 1 rings (SSSR count). The second-order valence-corrected chi connectivity index (χ2v) is 4.68. The number of hydrogen-bond donors (Lipinski definition) is 0. The van der Waals surface area contributed by atoms with E-state index in [1.165, 1.54) is 6.42 Å². The normalized spacial score (nSPS) is 32.3. The summed E-state index contributed by atoms with van der Waals surface area (Å²) in [6, 6.07) is 0. The molecular weight excluding hydrogens is 188 g/mol. The average molecular weight is 210 g/mol. The summed E-state index contributed by atoms with van der Waals surface area (Å²) in [4.78, 5) is 11.3. The van der Waals surface area contributed by atoms with Crippen molar-refractivity contribution in [1.29, 1.82) is 0 Å². The topological polar surface area (TPSA) is 26.3 Å². The summed E-state index contributed by atoms with van der Waals surface area (Å²) in [5, 5.41) is 0. The summed E-state index contributed by atoms with van der Waals surface area (Å²) in [5.41, 5.74) is 0. The van der Waals surface area contributed by atoms with E-state index in [1.54, 1.807) is 0 Å². The molecule has 1 aliphatic rings. The van der Waals surface area contributed by atoms with Gasteiger partial charge in [0.25, 0.3) is 0 Å². The lowest BCUT2D eigenvalue weighted by Gasteiger charge is -2.12. The summed E-state index contributed by atoms with van der Waals surface area (Å²) in [5.74, 6) is 1.05. The molecule has 2 unspecified atom stereocenters. The van der Waals surface area contributed by atoms with E-state index in [-0.39, 0.29) is 5.97 Å². The number of rotatable bonds is 0. The van der Waals surface area contributed by atoms with Crippen molar-refractivity contribution in [1.82, 2.24) is 0 Å². The number of esters is 1. The third-order valence-electron chi connectivity index (χ3n) is 2.84. The van der Waals surface area contributed by atoms with E-state index >= 15 is 0 Å². The molecule has 0 aliphatic carbocycles. The largest absolute Gasteiger partial charge is 0.465 e. The minimum absolute atomic E-state index is 0.0384. The van der Waals surface area contributed by atoms with Gasteiger partial charge in [0.2, 0.25) is 0 Å². The van der Waals surface area contributed by atoms with Crippen molar-refractivity contribution in [2.24, 2.45) is 11.8 Å². The van der Waals surface area contributed by atoms with Crippen molar-refractivity contribution in [3.05, 3.63) is 12.2 Å².